The highest BCUT2D eigenvalue weighted by Crippen LogP contribution is 2.34. The average Bonchev–Trinajstić information content (AvgIpc) is 2.74. The van der Waals surface area contributed by atoms with Crippen LogP contribution in [0.3, 0.4) is 0 Å². The number of nitrogens with one attached hydrogen (secondary N) is 1. The van der Waals surface area contributed by atoms with Crippen LogP contribution in [0.1, 0.15) is 23.1 Å². The summed E-state index contributed by atoms with van der Waals surface area (Å²) in [4.78, 5) is 2.30. The molecule has 0 aromatic heterocycles. The van der Waals surface area contributed by atoms with Gasteiger partial charge in [0, 0.05) is 18.8 Å². The van der Waals surface area contributed by atoms with Gasteiger partial charge in [0.1, 0.15) is 0 Å². The molecule has 1 heterocycles. The van der Waals surface area contributed by atoms with Crippen molar-refractivity contribution in [2.24, 2.45) is 0 Å². The molecule has 6 heteroatoms. The van der Waals surface area contributed by atoms with Crippen molar-refractivity contribution in [3.05, 3.63) is 83.4 Å². The molecule has 4 rings (SSSR count). The first kappa shape index (κ1) is 20.0. The second kappa shape index (κ2) is 8.21. The fourth-order valence-corrected chi connectivity index (χ4v) is 4.59. The third kappa shape index (κ3) is 4.32. The molecule has 0 saturated carbocycles. The Morgan fingerprint density at radius 1 is 1.03 bits per heavy atom. The van der Waals surface area contributed by atoms with Gasteiger partial charge in [0.25, 0.3) is 0 Å². The van der Waals surface area contributed by atoms with Gasteiger partial charge in [-0.2, -0.15) is 5.26 Å². The molecule has 5 nitrogen and oxygen atoms in total. The lowest BCUT2D eigenvalue weighted by atomic mass is 9.97. The van der Waals surface area contributed by atoms with Crippen molar-refractivity contribution in [3.63, 3.8) is 0 Å². The Morgan fingerprint density at radius 3 is 2.53 bits per heavy atom. The molecule has 1 aliphatic rings. The Morgan fingerprint density at radius 2 is 1.80 bits per heavy atom. The number of benzene rings is 3. The molecule has 0 spiro atoms. The molecule has 0 fully saturated rings. The van der Waals surface area contributed by atoms with Crippen LogP contribution in [0.4, 0.5) is 11.4 Å². The van der Waals surface area contributed by atoms with E-state index in [-0.39, 0.29) is 0 Å². The highest BCUT2D eigenvalue weighted by atomic mass is 32.2. The summed E-state index contributed by atoms with van der Waals surface area (Å²) in [6.45, 7) is 1.67. The molecule has 3 aromatic rings. The van der Waals surface area contributed by atoms with Crippen molar-refractivity contribution >= 4 is 21.4 Å². The Kier molecular flexibility index (Phi) is 5.47. The zero-order chi connectivity index (χ0) is 21.1. The summed E-state index contributed by atoms with van der Waals surface area (Å²) in [6.07, 6.45) is 3.01. The summed E-state index contributed by atoms with van der Waals surface area (Å²) in [5.41, 5.74) is 6.59. The number of rotatable bonds is 5. The molecule has 0 unspecified atom stereocenters. The third-order valence-corrected chi connectivity index (χ3v) is 5.92. The fourth-order valence-electron chi connectivity index (χ4n) is 4.00. The van der Waals surface area contributed by atoms with E-state index in [1.165, 1.54) is 11.8 Å². The van der Waals surface area contributed by atoms with Crippen molar-refractivity contribution in [2.75, 3.05) is 22.4 Å². The van der Waals surface area contributed by atoms with Crippen LogP contribution in [0.25, 0.3) is 11.1 Å². The first-order valence-electron chi connectivity index (χ1n) is 9.88. The van der Waals surface area contributed by atoms with Crippen LogP contribution in [0, 0.1) is 11.3 Å². The van der Waals surface area contributed by atoms with Crippen molar-refractivity contribution in [3.8, 4) is 17.2 Å². The first-order chi connectivity index (χ1) is 14.4. The summed E-state index contributed by atoms with van der Waals surface area (Å²) >= 11 is 0. The van der Waals surface area contributed by atoms with E-state index in [1.54, 1.807) is 0 Å². The maximum absolute atomic E-state index is 11.7. The summed E-state index contributed by atoms with van der Waals surface area (Å²) in [7, 11) is -3.32. The molecule has 0 bridgehead atoms. The number of nitriles is 1. The SMILES string of the molecule is CS(=O)(=O)Nc1cccc2c1CCCN2Cc1ccc(-c2ccccc2C#N)cc1. The number of fused-ring (bicyclic) bond motifs is 1. The zero-order valence-corrected chi connectivity index (χ0v) is 17.6. The summed E-state index contributed by atoms with van der Waals surface area (Å²) in [5.74, 6) is 0. The lowest BCUT2D eigenvalue weighted by Crippen LogP contribution is -2.29. The van der Waals surface area contributed by atoms with Gasteiger partial charge < -0.3 is 4.90 Å². The Bertz CT molecular complexity index is 1210. The zero-order valence-electron chi connectivity index (χ0n) is 16.8. The van der Waals surface area contributed by atoms with Gasteiger partial charge in [-0.1, -0.05) is 48.5 Å². The van der Waals surface area contributed by atoms with Gasteiger partial charge in [-0.25, -0.2) is 8.42 Å². The van der Waals surface area contributed by atoms with Crippen LogP contribution in [-0.2, 0) is 23.0 Å². The second-order valence-corrected chi connectivity index (χ2v) is 9.31. The molecule has 0 atom stereocenters. The van der Waals surface area contributed by atoms with E-state index in [4.69, 9.17) is 0 Å². The number of hydrogen-bond donors (Lipinski definition) is 1. The molecule has 3 aromatic carbocycles. The van der Waals surface area contributed by atoms with E-state index in [0.29, 0.717) is 11.3 Å². The van der Waals surface area contributed by atoms with E-state index in [0.717, 1.165) is 48.3 Å². The van der Waals surface area contributed by atoms with E-state index < -0.39 is 10.0 Å². The van der Waals surface area contributed by atoms with Crippen LogP contribution in [-0.4, -0.2) is 21.2 Å². The first-order valence-corrected chi connectivity index (χ1v) is 11.8. The quantitative estimate of drug-likeness (QED) is 0.661. The summed E-state index contributed by atoms with van der Waals surface area (Å²) in [6, 6.07) is 23.9. The van der Waals surface area contributed by atoms with Crippen molar-refractivity contribution in [2.45, 2.75) is 19.4 Å². The van der Waals surface area contributed by atoms with Gasteiger partial charge in [0.15, 0.2) is 0 Å². The van der Waals surface area contributed by atoms with Crippen LogP contribution in [0.15, 0.2) is 66.7 Å². The topological polar surface area (TPSA) is 73.2 Å². The van der Waals surface area contributed by atoms with E-state index in [1.807, 2.05) is 36.4 Å². The highest BCUT2D eigenvalue weighted by Gasteiger charge is 2.20. The minimum atomic E-state index is -3.32. The van der Waals surface area contributed by atoms with E-state index >= 15 is 0 Å². The van der Waals surface area contributed by atoms with Crippen molar-refractivity contribution in [1.82, 2.24) is 0 Å². The number of hydrogen-bond acceptors (Lipinski definition) is 4. The Hall–Kier alpha value is -3.30. The minimum absolute atomic E-state index is 0.668. The lowest BCUT2D eigenvalue weighted by molar-refractivity contribution is 0.606. The molecule has 152 valence electrons. The molecule has 1 aliphatic heterocycles. The normalized spacial score (nSPS) is 13.4. The molecule has 0 amide bonds. The van der Waals surface area contributed by atoms with Crippen LogP contribution >= 0.6 is 0 Å². The third-order valence-electron chi connectivity index (χ3n) is 5.33. The average molecular weight is 418 g/mol. The van der Waals surface area contributed by atoms with Crippen molar-refractivity contribution in [1.29, 1.82) is 5.26 Å². The second-order valence-electron chi connectivity index (χ2n) is 7.56. The molecular weight excluding hydrogens is 394 g/mol. The summed E-state index contributed by atoms with van der Waals surface area (Å²) in [5, 5.41) is 9.34. The van der Waals surface area contributed by atoms with Crippen LogP contribution in [0.5, 0.6) is 0 Å². The van der Waals surface area contributed by atoms with Gasteiger partial charge >= 0.3 is 0 Å². The van der Waals surface area contributed by atoms with Crippen molar-refractivity contribution < 1.29 is 8.42 Å². The van der Waals surface area contributed by atoms with Crippen LogP contribution in [0.2, 0.25) is 0 Å². The van der Waals surface area contributed by atoms with Gasteiger partial charge in [0.05, 0.1) is 23.6 Å². The maximum Gasteiger partial charge on any atom is 0.229 e. The molecular formula is C24H23N3O2S. The highest BCUT2D eigenvalue weighted by molar-refractivity contribution is 7.92. The monoisotopic (exact) mass is 417 g/mol. The molecule has 0 radical (unpaired) electrons. The Balaban J connectivity index is 1.58. The lowest BCUT2D eigenvalue weighted by Gasteiger charge is -2.32. The Labute approximate surface area is 177 Å². The molecule has 0 saturated heterocycles. The molecule has 0 aliphatic carbocycles. The predicted octanol–water partition coefficient (Wildman–Crippen LogP) is 4.55. The summed E-state index contributed by atoms with van der Waals surface area (Å²) < 4.78 is 26.1. The standard InChI is InChI=1S/C24H23N3O2S/c1-30(28,29)26-23-9-4-10-24-22(23)8-5-15-27(24)17-18-11-13-19(14-12-18)21-7-3-2-6-20(21)16-25/h2-4,6-7,9-14,26H,5,8,15,17H2,1H3. The van der Waals surface area contributed by atoms with Gasteiger partial charge in [-0.05, 0) is 53.3 Å². The van der Waals surface area contributed by atoms with E-state index in [2.05, 4.69) is 46.0 Å². The molecule has 30 heavy (non-hydrogen) atoms. The largest absolute Gasteiger partial charge is 0.367 e. The predicted molar refractivity (Wildman–Crippen MR) is 121 cm³/mol. The minimum Gasteiger partial charge on any atom is -0.367 e. The smallest absolute Gasteiger partial charge is 0.229 e. The number of nitrogens with zero attached hydrogens (tertiary/aromatic N) is 2. The van der Waals surface area contributed by atoms with Gasteiger partial charge in [-0.3, -0.25) is 4.72 Å². The van der Waals surface area contributed by atoms with E-state index in [9.17, 15) is 13.7 Å². The number of sulfonamides is 1. The number of anilines is 2. The van der Waals surface area contributed by atoms with Gasteiger partial charge in [0.2, 0.25) is 10.0 Å². The maximum atomic E-state index is 11.7. The fraction of sp³-hybridized carbons (Fsp3) is 0.208. The van der Waals surface area contributed by atoms with Crippen LogP contribution < -0.4 is 9.62 Å². The van der Waals surface area contributed by atoms with Gasteiger partial charge in [-0.15, -0.1) is 0 Å². The molecule has 1 N–H and O–H groups in total.